The minimum atomic E-state index is -0.338. The highest BCUT2D eigenvalue weighted by atomic mass is 19.1. The van der Waals surface area contributed by atoms with Gasteiger partial charge in [-0.1, -0.05) is 5.16 Å². The summed E-state index contributed by atoms with van der Waals surface area (Å²) in [6.45, 7) is 0. The van der Waals surface area contributed by atoms with E-state index in [-0.39, 0.29) is 11.5 Å². The van der Waals surface area contributed by atoms with Crippen molar-refractivity contribution >= 4 is 5.71 Å². The fraction of sp³-hybridized carbons (Fsp3) is 0. The third-order valence-electron chi connectivity index (χ3n) is 1.94. The summed E-state index contributed by atoms with van der Waals surface area (Å²) >= 11 is 0. The molecule has 0 fully saturated rings. The molecule has 2 rings (SSSR count). The molecule has 76 valence electrons. The van der Waals surface area contributed by atoms with E-state index >= 15 is 0 Å². The van der Waals surface area contributed by atoms with Crippen LogP contribution in [0.25, 0.3) is 0 Å². The Hall–Kier alpha value is -2.17. The summed E-state index contributed by atoms with van der Waals surface area (Å²) in [6.07, 6.45) is 3.16. The van der Waals surface area contributed by atoms with Crippen molar-refractivity contribution in [3.05, 3.63) is 53.9 Å². The highest BCUT2D eigenvalue weighted by Crippen LogP contribution is 2.08. The van der Waals surface area contributed by atoms with Gasteiger partial charge in [-0.3, -0.25) is 0 Å². The van der Waals surface area contributed by atoms with E-state index in [4.69, 9.17) is 5.21 Å². The molecule has 0 saturated heterocycles. The van der Waals surface area contributed by atoms with Crippen molar-refractivity contribution in [3.63, 3.8) is 0 Å². The molecule has 15 heavy (non-hydrogen) atoms. The molecule has 4 nitrogen and oxygen atoms in total. The molecular weight excluding hydrogens is 197 g/mol. The molecule has 0 aliphatic carbocycles. The lowest BCUT2D eigenvalue weighted by molar-refractivity contribution is 0.319. The molecule has 2 aromatic rings. The molecule has 1 aromatic heterocycles. The summed E-state index contributed by atoms with van der Waals surface area (Å²) in [5, 5.41) is 12.0. The number of hydrogen-bond donors (Lipinski definition) is 2. The van der Waals surface area contributed by atoms with Crippen LogP contribution in [-0.4, -0.2) is 20.9 Å². The number of imidazole rings is 1. The van der Waals surface area contributed by atoms with Crippen LogP contribution in [0.15, 0.2) is 41.8 Å². The van der Waals surface area contributed by atoms with E-state index in [1.54, 1.807) is 12.4 Å². The van der Waals surface area contributed by atoms with Crippen molar-refractivity contribution in [2.75, 3.05) is 0 Å². The lowest BCUT2D eigenvalue weighted by atomic mass is 10.1. The van der Waals surface area contributed by atoms with Gasteiger partial charge in [0.05, 0.1) is 0 Å². The van der Waals surface area contributed by atoms with Crippen LogP contribution in [0.5, 0.6) is 0 Å². The lowest BCUT2D eigenvalue weighted by Gasteiger charge is -2.00. The maximum absolute atomic E-state index is 12.7. The fourth-order valence-corrected chi connectivity index (χ4v) is 1.24. The van der Waals surface area contributed by atoms with Gasteiger partial charge in [-0.15, -0.1) is 0 Å². The van der Waals surface area contributed by atoms with E-state index in [1.165, 1.54) is 24.3 Å². The first-order chi connectivity index (χ1) is 7.31. The number of oxime groups is 1. The van der Waals surface area contributed by atoms with Gasteiger partial charge in [0.2, 0.25) is 0 Å². The zero-order valence-electron chi connectivity index (χ0n) is 7.68. The van der Waals surface area contributed by atoms with Crippen LogP contribution in [0.2, 0.25) is 0 Å². The Kier molecular flexibility index (Phi) is 2.45. The molecule has 0 amide bonds. The highest BCUT2D eigenvalue weighted by Gasteiger charge is 2.09. The maximum atomic E-state index is 12.7. The van der Waals surface area contributed by atoms with Gasteiger partial charge in [-0.25, -0.2) is 9.37 Å². The number of nitrogens with zero attached hydrogens (tertiary/aromatic N) is 2. The molecular formula is C10H8FN3O. The van der Waals surface area contributed by atoms with E-state index in [1.807, 2.05) is 0 Å². The molecule has 1 aromatic carbocycles. The molecule has 0 aliphatic rings. The smallest absolute Gasteiger partial charge is 0.160 e. The zero-order valence-corrected chi connectivity index (χ0v) is 7.68. The van der Waals surface area contributed by atoms with Gasteiger partial charge in [-0.05, 0) is 24.3 Å². The number of aromatic nitrogens is 2. The standard InChI is InChI=1S/C10H8FN3O/c11-8-3-1-7(2-4-8)9(14-15)10-12-5-6-13-10/h1-6,15H,(H,12,13). The SMILES string of the molecule is ON=C(c1ccc(F)cc1)c1ncc[nH]1. The van der Waals surface area contributed by atoms with E-state index in [2.05, 4.69) is 15.1 Å². The van der Waals surface area contributed by atoms with Crippen LogP contribution < -0.4 is 0 Å². The van der Waals surface area contributed by atoms with Crippen LogP contribution >= 0.6 is 0 Å². The van der Waals surface area contributed by atoms with Crippen molar-refractivity contribution in [3.8, 4) is 0 Å². The van der Waals surface area contributed by atoms with Gasteiger partial charge >= 0.3 is 0 Å². The summed E-state index contributed by atoms with van der Waals surface area (Å²) in [7, 11) is 0. The van der Waals surface area contributed by atoms with Crippen molar-refractivity contribution in [2.24, 2.45) is 5.16 Å². The number of H-pyrrole nitrogens is 1. The number of benzene rings is 1. The molecule has 0 aliphatic heterocycles. The molecule has 0 atom stereocenters. The number of nitrogens with one attached hydrogen (secondary N) is 1. The topological polar surface area (TPSA) is 61.3 Å². The van der Waals surface area contributed by atoms with Crippen molar-refractivity contribution in [2.45, 2.75) is 0 Å². The Morgan fingerprint density at radius 1 is 1.33 bits per heavy atom. The van der Waals surface area contributed by atoms with E-state index in [0.29, 0.717) is 11.4 Å². The summed E-state index contributed by atoms with van der Waals surface area (Å²) in [4.78, 5) is 6.75. The van der Waals surface area contributed by atoms with Gasteiger partial charge in [0.1, 0.15) is 5.82 Å². The molecule has 0 radical (unpaired) electrons. The van der Waals surface area contributed by atoms with Crippen LogP contribution in [0, 0.1) is 5.82 Å². The fourth-order valence-electron chi connectivity index (χ4n) is 1.24. The number of hydrogen-bond acceptors (Lipinski definition) is 3. The maximum Gasteiger partial charge on any atom is 0.160 e. The molecule has 0 saturated carbocycles. The quantitative estimate of drug-likeness (QED) is 0.446. The largest absolute Gasteiger partial charge is 0.410 e. The van der Waals surface area contributed by atoms with Crippen LogP contribution in [0.1, 0.15) is 11.4 Å². The summed E-state index contributed by atoms with van der Waals surface area (Å²) < 4.78 is 12.7. The van der Waals surface area contributed by atoms with Gasteiger partial charge in [0.25, 0.3) is 0 Å². The van der Waals surface area contributed by atoms with Crippen LogP contribution in [-0.2, 0) is 0 Å². The first-order valence-corrected chi connectivity index (χ1v) is 4.29. The predicted octanol–water partition coefficient (Wildman–Crippen LogP) is 1.78. The Bertz CT molecular complexity index is 462. The third kappa shape index (κ3) is 1.85. The Balaban J connectivity index is 2.41. The van der Waals surface area contributed by atoms with Gasteiger partial charge in [0, 0.05) is 18.0 Å². The molecule has 0 unspecified atom stereocenters. The first-order valence-electron chi connectivity index (χ1n) is 4.29. The Labute approximate surface area is 85.1 Å². The van der Waals surface area contributed by atoms with E-state index < -0.39 is 0 Å². The molecule has 0 bridgehead atoms. The normalized spacial score (nSPS) is 11.7. The second-order valence-corrected chi connectivity index (χ2v) is 2.89. The Morgan fingerprint density at radius 3 is 2.60 bits per heavy atom. The first kappa shape index (κ1) is 9.39. The number of rotatable bonds is 2. The lowest BCUT2D eigenvalue weighted by Crippen LogP contribution is -2.05. The van der Waals surface area contributed by atoms with Crippen molar-refractivity contribution in [1.82, 2.24) is 9.97 Å². The minimum Gasteiger partial charge on any atom is -0.410 e. The highest BCUT2D eigenvalue weighted by molar-refractivity contribution is 6.10. The second-order valence-electron chi connectivity index (χ2n) is 2.89. The third-order valence-corrected chi connectivity index (χ3v) is 1.94. The predicted molar refractivity (Wildman–Crippen MR) is 52.4 cm³/mol. The average Bonchev–Trinajstić information content (AvgIpc) is 2.75. The molecule has 0 spiro atoms. The average molecular weight is 205 g/mol. The number of halogens is 1. The number of aromatic amines is 1. The van der Waals surface area contributed by atoms with Crippen LogP contribution in [0.3, 0.4) is 0 Å². The van der Waals surface area contributed by atoms with Crippen molar-refractivity contribution < 1.29 is 9.60 Å². The zero-order chi connectivity index (χ0) is 10.7. The van der Waals surface area contributed by atoms with Crippen LogP contribution in [0.4, 0.5) is 4.39 Å². The monoisotopic (exact) mass is 205 g/mol. The second kappa shape index (κ2) is 3.91. The summed E-state index contributed by atoms with van der Waals surface area (Å²) in [5.41, 5.74) is 0.869. The van der Waals surface area contributed by atoms with Gasteiger partial charge < -0.3 is 10.2 Å². The molecule has 2 N–H and O–H groups in total. The van der Waals surface area contributed by atoms with Crippen molar-refractivity contribution in [1.29, 1.82) is 0 Å². The van der Waals surface area contributed by atoms with E-state index in [0.717, 1.165) is 0 Å². The van der Waals surface area contributed by atoms with Gasteiger partial charge in [-0.2, -0.15) is 0 Å². The molecule has 1 heterocycles. The Morgan fingerprint density at radius 2 is 2.07 bits per heavy atom. The summed E-state index contributed by atoms with van der Waals surface area (Å²) in [6, 6.07) is 5.63. The minimum absolute atomic E-state index is 0.278. The van der Waals surface area contributed by atoms with Gasteiger partial charge in [0.15, 0.2) is 11.5 Å². The molecule has 5 heteroatoms. The van der Waals surface area contributed by atoms with E-state index in [9.17, 15) is 4.39 Å². The summed E-state index contributed by atoms with van der Waals surface area (Å²) in [5.74, 6) is 0.0968.